The van der Waals surface area contributed by atoms with Crippen LogP contribution in [0.3, 0.4) is 0 Å². The maximum Gasteiger partial charge on any atom is 0.0619 e. The Balaban J connectivity index is 0.910. The van der Waals surface area contributed by atoms with Crippen molar-refractivity contribution in [3.05, 3.63) is 315 Å². The number of nitrogens with zero attached hydrogens (tertiary/aromatic N) is 2. The molecule has 398 valence electrons. The fourth-order valence-corrected chi connectivity index (χ4v) is 14.9. The second kappa shape index (κ2) is 19.1. The van der Waals surface area contributed by atoms with Crippen LogP contribution in [0.4, 0.5) is 34.1 Å². The molecule has 0 bridgehead atoms. The number of hydrogen-bond donors (Lipinski definition) is 0. The average Bonchev–Trinajstić information content (AvgIpc) is 2.18. The summed E-state index contributed by atoms with van der Waals surface area (Å²) in [6.45, 7) is 0. The lowest BCUT2D eigenvalue weighted by Gasteiger charge is -2.32. The first-order chi connectivity index (χ1) is 42.7. The summed E-state index contributed by atoms with van der Waals surface area (Å²) in [7, 11) is 0. The fraction of sp³-hybridized carbons (Fsp3) is 0. The summed E-state index contributed by atoms with van der Waals surface area (Å²) in [5.41, 5.74) is 24.2. The van der Waals surface area contributed by atoms with Gasteiger partial charge in [0.05, 0.1) is 22.7 Å². The maximum atomic E-state index is 2.56. The summed E-state index contributed by atoms with van der Waals surface area (Å²) in [6, 6.07) is 118. The highest BCUT2D eigenvalue weighted by Crippen LogP contribution is 2.58. The molecule has 0 amide bonds. The Morgan fingerprint density at radius 3 is 0.756 bits per heavy atom. The van der Waals surface area contributed by atoms with Gasteiger partial charge in [0.2, 0.25) is 0 Å². The summed E-state index contributed by atoms with van der Waals surface area (Å²) < 4.78 is 0. The minimum atomic E-state index is 1.09. The van der Waals surface area contributed by atoms with Crippen molar-refractivity contribution >= 4 is 98.8 Å². The fourth-order valence-electron chi connectivity index (χ4n) is 14.9. The molecule has 0 fully saturated rings. The zero-order chi connectivity index (χ0) is 56.4. The second-order valence-electron chi connectivity index (χ2n) is 22.9. The third kappa shape index (κ3) is 7.14. The van der Waals surface area contributed by atoms with E-state index in [1.807, 2.05) is 0 Å². The SMILES string of the molecule is c1ccc(-c2ccc(N(c3c4ccccc4c(-c4c5ccccc5c(N(c5ccc(-c6ccccc6)cc5)c5ccc6c7c(cccc57)-c5ccccc5-6)c5ccccc45)c4ccccc34)c3ccc4c5c(cccc35)-c3ccccc3-4)cc2)cc1. The van der Waals surface area contributed by atoms with Gasteiger partial charge in [-0.15, -0.1) is 0 Å². The molecule has 0 atom stereocenters. The van der Waals surface area contributed by atoms with Crippen LogP contribution in [0.25, 0.3) is 143 Å². The summed E-state index contributed by atoms with van der Waals surface area (Å²) in [4.78, 5) is 5.12. The number of hydrogen-bond acceptors (Lipinski definition) is 2. The van der Waals surface area contributed by atoms with E-state index in [1.165, 1.54) is 143 Å². The molecule has 2 aliphatic rings. The predicted molar refractivity (Wildman–Crippen MR) is 366 cm³/mol. The predicted octanol–water partition coefficient (Wildman–Crippen LogP) is 23.8. The standard InChI is InChI=1S/C84H52N2/c1-3-21-53(22-4-1)55-41-45-57(46-42-55)85(77-51-49-69-61-27-9-7-25-59(61)63-37-19-39-75(77)79(63)69)83-71-33-15-11-29-65(71)81(66-30-12-16-34-72(66)83)82-67-31-13-17-35-73(67)84(74-36-18-14-32-68(74)82)86(58-47-43-56(44-48-58)54-23-5-2-6-24-54)78-52-50-70-62-28-10-8-26-60(62)64-38-20-40-76(78)80(64)70/h1-52H. The van der Waals surface area contributed by atoms with Gasteiger partial charge in [0.25, 0.3) is 0 Å². The summed E-state index contributed by atoms with van der Waals surface area (Å²) >= 11 is 0. The van der Waals surface area contributed by atoms with Gasteiger partial charge in [-0.1, -0.05) is 279 Å². The van der Waals surface area contributed by atoms with Crippen molar-refractivity contribution in [3.8, 4) is 77.9 Å². The van der Waals surface area contributed by atoms with Gasteiger partial charge in [-0.3, -0.25) is 0 Å². The minimum Gasteiger partial charge on any atom is -0.309 e. The Bertz CT molecular complexity index is 4940. The third-order valence-corrected chi connectivity index (χ3v) is 18.5. The molecular formula is C84H52N2. The van der Waals surface area contributed by atoms with Crippen LogP contribution >= 0.6 is 0 Å². The summed E-state index contributed by atoms with van der Waals surface area (Å²) in [5, 5.41) is 14.5. The molecule has 0 unspecified atom stereocenters. The highest BCUT2D eigenvalue weighted by atomic mass is 15.2. The summed E-state index contributed by atoms with van der Waals surface area (Å²) in [5.74, 6) is 0. The maximum absolute atomic E-state index is 2.56. The van der Waals surface area contributed by atoms with Crippen molar-refractivity contribution in [1.82, 2.24) is 0 Å². The van der Waals surface area contributed by atoms with Gasteiger partial charge < -0.3 is 9.80 Å². The Hall–Kier alpha value is -11.3. The molecule has 2 heteroatoms. The van der Waals surface area contributed by atoms with E-state index in [9.17, 15) is 0 Å². The smallest absolute Gasteiger partial charge is 0.0619 e. The van der Waals surface area contributed by atoms with E-state index < -0.39 is 0 Å². The molecule has 18 rings (SSSR count). The van der Waals surface area contributed by atoms with Gasteiger partial charge in [-0.2, -0.15) is 0 Å². The molecule has 2 aliphatic carbocycles. The van der Waals surface area contributed by atoms with E-state index in [1.54, 1.807) is 0 Å². The lowest BCUT2D eigenvalue weighted by atomic mass is 9.84. The van der Waals surface area contributed by atoms with Gasteiger partial charge >= 0.3 is 0 Å². The van der Waals surface area contributed by atoms with Crippen molar-refractivity contribution in [2.75, 3.05) is 9.80 Å². The summed E-state index contributed by atoms with van der Waals surface area (Å²) in [6.07, 6.45) is 0. The van der Waals surface area contributed by atoms with Crippen molar-refractivity contribution in [2.45, 2.75) is 0 Å². The highest BCUT2D eigenvalue weighted by Gasteiger charge is 2.31. The molecule has 2 nitrogen and oxygen atoms in total. The molecule has 16 aromatic rings. The average molecular weight is 1090 g/mol. The number of fused-ring (bicyclic) bond motifs is 10. The number of anilines is 6. The Labute approximate surface area is 499 Å². The molecule has 0 saturated carbocycles. The number of rotatable bonds is 9. The number of benzene rings is 16. The van der Waals surface area contributed by atoms with E-state index >= 15 is 0 Å². The van der Waals surface area contributed by atoms with Gasteiger partial charge in [0.15, 0.2) is 0 Å². The normalized spacial score (nSPS) is 12.0. The third-order valence-electron chi connectivity index (χ3n) is 18.5. The van der Waals surface area contributed by atoms with Gasteiger partial charge in [0, 0.05) is 43.7 Å². The van der Waals surface area contributed by atoms with Crippen LogP contribution in [0.15, 0.2) is 315 Å². The molecule has 0 heterocycles. The Morgan fingerprint density at radius 1 is 0.163 bits per heavy atom. The molecule has 86 heavy (non-hydrogen) atoms. The van der Waals surface area contributed by atoms with Crippen molar-refractivity contribution < 1.29 is 0 Å². The zero-order valence-electron chi connectivity index (χ0n) is 46.9. The zero-order valence-corrected chi connectivity index (χ0v) is 46.9. The van der Waals surface area contributed by atoms with E-state index in [2.05, 4.69) is 325 Å². The van der Waals surface area contributed by atoms with E-state index in [0.717, 1.165) is 34.1 Å². The lowest BCUT2D eigenvalue weighted by Crippen LogP contribution is -2.13. The topological polar surface area (TPSA) is 6.48 Å². The second-order valence-corrected chi connectivity index (χ2v) is 22.9. The van der Waals surface area contributed by atoms with Crippen LogP contribution in [0, 0.1) is 0 Å². The van der Waals surface area contributed by atoms with Crippen LogP contribution in [-0.4, -0.2) is 0 Å². The molecular weight excluding hydrogens is 1040 g/mol. The quantitative estimate of drug-likeness (QED) is 0.133. The van der Waals surface area contributed by atoms with Crippen LogP contribution in [0.2, 0.25) is 0 Å². The molecule has 0 radical (unpaired) electrons. The van der Waals surface area contributed by atoms with Crippen molar-refractivity contribution in [2.24, 2.45) is 0 Å². The van der Waals surface area contributed by atoms with Crippen LogP contribution in [-0.2, 0) is 0 Å². The van der Waals surface area contributed by atoms with Crippen LogP contribution in [0.1, 0.15) is 0 Å². The molecule has 0 spiro atoms. The first-order valence-electron chi connectivity index (χ1n) is 29.8. The highest BCUT2D eigenvalue weighted by molar-refractivity contribution is 6.32. The van der Waals surface area contributed by atoms with Crippen LogP contribution in [0.5, 0.6) is 0 Å². The van der Waals surface area contributed by atoms with Gasteiger partial charge in [-0.25, -0.2) is 0 Å². The van der Waals surface area contributed by atoms with Gasteiger partial charge in [0.1, 0.15) is 0 Å². The van der Waals surface area contributed by atoms with Crippen molar-refractivity contribution in [3.63, 3.8) is 0 Å². The molecule has 16 aromatic carbocycles. The molecule has 0 saturated heterocycles. The van der Waals surface area contributed by atoms with E-state index in [-0.39, 0.29) is 0 Å². The van der Waals surface area contributed by atoms with E-state index in [0.29, 0.717) is 0 Å². The minimum absolute atomic E-state index is 1.09. The monoisotopic (exact) mass is 1090 g/mol. The van der Waals surface area contributed by atoms with E-state index in [4.69, 9.17) is 0 Å². The lowest BCUT2D eigenvalue weighted by molar-refractivity contribution is 1.32. The molecule has 0 aliphatic heterocycles. The largest absolute Gasteiger partial charge is 0.309 e. The first-order valence-corrected chi connectivity index (χ1v) is 29.8. The first kappa shape index (κ1) is 48.2. The van der Waals surface area contributed by atoms with Crippen molar-refractivity contribution in [1.29, 1.82) is 0 Å². The Kier molecular flexibility index (Phi) is 10.7. The van der Waals surface area contributed by atoms with Gasteiger partial charge in [-0.05, 0) is 147 Å². The van der Waals surface area contributed by atoms with Crippen LogP contribution < -0.4 is 9.80 Å². The Morgan fingerprint density at radius 2 is 0.419 bits per heavy atom. The molecule has 0 N–H and O–H groups in total. The molecule has 0 aromatic heterocycles.